The summed E-state index contributed by atoms with van der Waals surface area (Å²) in [6.45, 7) is 2.35. The molecule has 1 unspecified atom stereocenters. The number of nitrogens with zero attached hydrogens (tertiary/aromatic N) is 3. The zero-order chi connectivity index (χ0) is 15.6. The minimum absolute atomic E-state index is 0.00506. The van der Waals surface area contributed by atoms with Gasteiger partial charge in [0.2, 0.25) is 0 Å². The third-order valence-electron chi connectivity index (χ3n) is 3.66. The number of imidazole rings is 1. The van der Waals surface area contributed by atoms with Crippen molar-refractivity contribution in [1.29, 1.82) is 0 Å². The molecule has 1 aliphatic rings. The molecule has 0 radical (unpaired) electrons. The van der Waals surface area contributed by atoms with Crippen molar-refractivity contribution < 1.29 is 18.3 Å². The second-order valence-corrected chi connectivity index (χ2v) is 7.10. The van der Waals surface area contributed by atoms with Gasteiger partial charge >= 0.3 is 5.97 Å². The van der Waals surface area contributed by atoms with Crippen LogP contribution in [0.1, 0.15) is 31.2 Å². The van der Waals surface area contributed by atoms with Gasteiger partial charge in [-0.1, -0.05) is 13.3 Å². The maximum atomic E-state index is 12.6. The van der Waals surface area contributed by atoms with Gasteiger partial charge in [-0.15, -0.1) is 0 Å². The van der Waals surface area contributed by atoms with Crippen molar-refractivity contribution in [3.63, 3.8) is 0 Å². The number of unbranched alkanes of at least 4 members (excludes halogenated alkanes) is 1. The molecule has 1 aliphatic heterocycles. The van der Waals surface area contributed by atoms with E-state index < -0.39 is 22.2 Å². The Morgan fingerprint density at radius 2 is 2.33 bits per heavy atom. The molecular weight excluding hydrogens is 296 g/mol. The molecule has 1 aromatic rings. The van der Waals surface area contributed by atoms with Gasteiger partial charge in [0.25, 0.3) is 10.2 Å². The Morgan fingerprint density at radius 1 is 1.62 bits per heavy atom. The molecule has 9 heteroatoms. The van der Waals surface area contributed by atoms with Crippen molar-refractivity contribution in [3.05, 3.63) is 17.7 Å². The summed E-state index contributed by atoms with van der Waals surface area (Å²) in [5, 5.41) is 9.33. The lowest BCUT2D eigenvalue weighted by molar-refractivity contribution is -0.142. The molecule has 2 N–H and O–H groups in total. The molecule has 0 spiro atoms. The van der Waals surface area contributed by atoms with Gasteiger partial charge in [0.1, 0.15) is 6.04 Å². The lowest BCUT2D eigenvalue weighted by Gasteiger charge is -2.34. The Balaban J connectivity index is 2.29. The van der Waals surface area contributed by atoms with Crippen LogP contribution in [-0.2, 0) is 28.0 Å². The van der Waals surface area contributed by atoms with E-state index in [4.69, 9.17) is 0 Å². The van der Waals surface area contributed by atoms with Gasteiger partial charge in [0.05, 0.1) is 24.3 Å². The summed E-state index contributed by atoms with van der Waals surface area (Å²) in [7, 11) is -2.33. The number of aromatic nitrogens is 2. The summed E-state index contributed by atoms with van der Waals surface area (Å²) in [5.74, 6) is -1.16. The zero-order valence-corrected chi connectivity index (χ0v) is 12.9. The van der Waals surface area contributed by atoms with Gasteiger partial charge in [0.15, 0.2) is 0 Å². The average molecular weight is 316 g/mol. The summed E-state index contributed by atoms with van der Waals surface area (Å²) in [6.07, 6.45) is 3.14. The minimum atomic E-state index is -3.81. The van der Waals surface area contributed by atoms with Crippen LogP contribution in [0, 0.1) is 0 Å². The highest BCUT2D eigenvalue weighted by Gasteiger charge is 2.41. The van der Waals surface area contributed by atoms with E-state index in [1.165, 1.54) is 17.7 Å². The van der Waals surface area contributed by atoms with Crippen LogP contribution in [0.3, 0.4) is 0 Å². The van der Waals surface area contributed by atoms with E-state index >= 15 is 0 Å². The van der Waals surface area contributed by atoms with E-state index in [0.717, 1.165) is 17.1 Å². The first-order chi connectivity index (χ1) is 9.87. The maximum absolute atomic E-state index is 12.6. The van der Waals surface area contributed by atoms with E-state index in [1.54, 1.807) is 0 Å². The summed E-state index contributed by atoms with van der Waals surface area (Å²) in [4.78, 5) is 18.3. The molecule has 0 aromatic carbocycles. The van der Waals surface area contributed by atoms with Crippen molar-refractivity contribution in [2.45, 2.75) is 38.8 Å². The highest BCUT2D eigenvalue weighted by molar-refractivity contribution is 7.86. The molecule has 2 heterocycles. The van der Waals surface area contributed by atoms with Gasteiger partial charge in [-0.05, 0) is 6.42 Å². The molecule has 0 saturated carbocycles. The number of carboxylic acid groups (broad SMARTS) is 1. The fourth-order valence-corrected chi connectivity index (χ4v) is 3.84. The lowest BCUT2D eigenvalue weighted by Crippen LogP contribution is -2.53. The molecule has 1 aromatic heterocycles. The number of hydrogen-bond donors (Lipinski definition) is 2. The van der Waals surface area contributed by atoms with Gasteiger partial charge in [-0.2, -0.15) is 17.0 Å². The largest absolute Gasteiger partial charge is 0.480 e. The predicted molar refractivity (Wildman–Crippen MR) is 75.7 cm³/mol. The number of hydrogen-bond acceptors (Lipinski definition) is 4. The number of H-pyrrole nitrogens is 1. The Morgan fingerprint density at radius 3 is 2.95 bits per heavy atom. The minimum Gasteiger partial charge on any atom is -0.480 e. The van der Waals surface area contributed by atoms with E-state index in [-0.39, 0.29) is 13.0 Å². The molecule has 0 aliphatic carbocycles. The third-order valence-corrected chi connectivity index (χ3v) is 5.60. The van der Waals surface area contributed by atoms with Gasteiger partial charge in [-0.25, -0.2) is 4.98 Å². The van der Waals surface area contributed by atoms with Crippen LogP contribution in [0.5, 0.6) is 0 Å². The number of nitrogens with one attached hydrogen (secondary N) is 1. The van der Waals surface area contributed by atoms with E-state index in [0.29, 0.717) is 17.9 Å². The molecule has 0 bridgehead atoms. The van der Waals surface area contributed by atoms with Gasteiger partial charge < -0.3 is 10.1 Å². The second-order valence-electron chi connectivity index (χ2n) is 5.11. The van der Waals surface area contributed by atoms with Crippen LogP contribution in [0.15, 0.2) is 6.33 Å². The Labute approximate surface area is 124 Å². The van der Waals surface area contributed by atoms with Crippen molar-refractivity contribution in [3.8, 4) is 0 Å². The monoisotopic (exact) mass is 316 g/mol. The summed E-state index contributed by atoms with van der Waals surface area (Å²) in [6, 6.07) is -1.12. The topological polar surface area (TPSA) is 107 Å². The number of aliphatic carboxylic acids is 1. The quantitative estimate of drug-likeness (QED) is 0.779. The first kappa shape index (κ1) is 15.9. The highest BCUT2D eigenvalue weighted by atomic mass is 32.2. The van der Waals surface area contributed by atoms with Gasteiger partial charge in [0, 0.05) is 20.0 Å². The number of rotatable bonds is 6. The zero-order valence-electron chi connectivity index (χ0n) is 12.1. The smallest absolute Gasteiger partial charge is 0.322 e. The number of aromatic amines is 1. The Hall–Kier alpha value is -1.45. The first-order valence-corrected chi connectivity index (χ1v) is 8.24. The van der Waals surface area contributed by atoms with Crippen molar-refractivity contribution in [1.82, 2.24) is 18.6 Å². The highest BCUT2D eigenvalue weighted by Crippen LogP contribution is 2.25. The van der Waals surface area contributed by atoms with Crippen LogP contribution < -0.4 is 0 Å². The molecule has 118 valence electrons. The molecule has 21 heavy (non-hydrogen) atoms. The van der Waals surface area contributed by atoms with Crippen LogP contribution in [0.25, 0.3) is 0 Å². The molecule has 8 nitrogen and oxygen atoms in total. The van der Waals surface area contributed by atoms with Gasteiger partial charge in [-0.3, -0.25) is 4.79 Å². The normalized spacial score (nSPS) is 19.7. The van der Waals surface area contributed by atoms with Crippen molar-refractivity contribution >= 4 is 16.2 Å². The Kier molecular flexibility index (Phi) is 4.64. The van der Waals surface area contributed by atoms with Crippen LogP contribution in [0.2, 0.25) is 0 Å². The fourth-order valence-electron chi connectivity index (χ4n) is 2.34. The SMILES string of the molecule is CCCCN(C)S(=O)(=O)N1Cc2[nH]cnc2CC1C(=O)O. The molecular formula is C12H20N4O4S. The number of carboxylic acids is 1. The van der Waals surface area contributed by atoms with E-state index in [9.17, 15) is 18.3 Å². The van der Waals surface area contributed by atoms with Crippen LogP contribution in [0.4, 0.5) is 0 Å². The Bertz CT molecular complexity index is 613. The molecule has 0 saturated heterocycles. The summed E-state index contributed by atoms with van der Waals surface area (Å²) < 4.78 is 27.4. The fraction of sp³-hybridized carbons (Fsp3) is 0.667. The number of carbonyl (C=O) groups is 1. The van der Waals surface area contributed by atoms with E-state index in [1.807, 2.05) is 6.92 Å². The summed E-state index contributed by atoms with van der Waals surface area (Å²) >= 11 is 0. The maximum Gasteiger partial charge on any atom is 0.322 e. The van der Waals surface area contributed by atoms with Crippen molar-refractivity contribution in [2.75, 3.05) is 13.6 Å². The van der Waals surface area contributed by atoms with E-state index in [2.05, 4.69) is 9.97 Å². The second kappa shape index (κ2) is 6.12. The lowest BCUT2D eigenvalue weighted by atomic mass is 10.1. The van der Waals surface area contributed by atoms with Crippen LogP contribution in [-0.4, -0.2) is 57.7 Å². The predicted octanol–water partition coefficient (Wildman–Crippen LogP) is 0.198. The third kappa shape index (κ3) is 3.09. The number of fused-ring (bicyclic) bond motifs is 1. The molecule has 0 amide bonds. The van der Waals surface area contributed by atoms with Crippen LogP contribution >= 0.6 is 0 Å². The first-order valence-electron chi connectivity index (χ1n) is 6.85. The molecule has 2 rings (SSSR count). The summed E-state index contributed by atoms with van der Waals surface area (Å²) in [5.41, 5.74) is 1.27. The molecule has 1 atom stereocenters. The molecule has 0 fully saturated rings. The average Bonchev–Trinajstić information content (AvgIpc) is 2.90. The van der Waals surface area contributed by atoms with Crippen molar-refractivity contribution in [2.24, 2.45) is 0 Å². The standard InChI is InChI=1S/C12H20N4O4S/c1-3-4-5-15(2)21(19,20)16-7-10-9(13-8-14-10)6-11(16)12(17)18/h8,11H,3-7H2,1-2H3,(H,13,14)(H,17,18).